The second-order valence-electron chi connectivity index (χ2n) is 3.35. The van der Waals surface area contributed by atoms with Crippen LogP contribution in [-0.2, 0) is 9.53 Å². The second-order valence-corrected chi connectivity index (χ2v) is 3.35. The van der Waals surface area contributed by atoms with E-state index in [2.05, 4.69) is 4.74 Å². The van der Waals surface area contributed by atoms with Gasteiger partial charge in [-0.3, -0.25) is 14.4 Å². The van der Waals surface area contributed by atoms with Crippen molar-refractivity contribution in [2.45, 2.75) is 6.42 Å². The first-order valence-corrected chi connectivity index (χ1v) is 4.98. The number of carbonyl (C=O) groups excluding carboxylic acids is 3. The zero-order chi connectivity index (χ0) is 12.7. The second kappa shape index (κ2) is 6.37. The molecule has 0 amide bonds. The molecule has 0 bridgehead atoms. The summed E-state index contributed by atoms with van der Waals surface area (Å²) in [5, 5.41) is 0. The van der Waals surface area contributed by atoms with E-state index >= 15 is 0 Å². The predicted molar refractivity (Wildman–Crippen MR) is 62.9 cm³/mol. The van der Waals surface area contributed by atoms with E-state index in [1.807, 2.05) is 0 Å². The Balaban J connectivity index is 2.86. The molecule has 1 aromatic carbocycles. The molecule has 0 aliphatic carbocycles. The van der Waals surface area contributed by atoms with Gasteiger partial charge in [-0.1, -0.05) is 12.2 Å². The van der Waals surface area contributed by atoms with Crippen molar-refractivity contribution in [1.29, 1.82) is 0 Å². The van der Waals surface area contributed by atoms with E-state index in [9.17, 15) is 14.4 Å². The highest BCUT2D eigenvalue weighted by Crippen LogP contribution is 2.10. The van der Waals surface area contributed by atoms with Crippen molar-refractivity contribution in [3.63, 3.8) is 0 Å². The summed E-state index contributed by atoms with van der Waals surface area (Å²) < 4.78 is 4.48. The lowest BCUT2D eigenvalue weighted by molar-refractivity contribution is -0.139. The molecule has 0 aliphatic heterocycles. The molecule has 4 heteroatoms. The zero-order valence-electron chi connectivity index (χ0n) is 9.38. The van der Waals surface area contributed by atoms with Crippen molar-refractivity contribution in [1.82, 2.24) is 0 Å². The molecule has 0 aliphatic rings. The van der Waals surface area contributed by atoms with Crippen LogP contribution in [0.5, 0.6) is 0 Å². The first-order chi connectivity index (χ1) is 8.19. The maximum Gasteiger partial charge on any atom is 0.309 e. The normalized spacial score (nSPS) is 10.2. The molecule has 88 valence electrons. The molecular formula is C13H12O4. The van der Waals surface area contributed by atoms with Crippen LogP contribution >= 0.6 is 0 Å². The van der Waals surface area contributed by atoms with Crippen molar-refractivity contribution in [3.05, 3.63) is 41.0 Å². The van der Waals surface area contributed by atoms with Crippen LogP contribution in [-0.4, -0.2) is 25.7 Å². The van der Waals surface area contributed by atoms with Gasteiger partial charge in [0, 0.05) is 11.1 Å². The molecule has 0 atom stereocenters. The quantitative estimate of drug-likeness (QED) is 0.574. The summed E-state index contributed by atoms with van der Waals surface area (Å²) in [4.78, 5) is 32.1. The van der Waals surface area contributed by atoms with E-state index in [-0.39, 0.29) is 12.4 Å². The van der Waals surface area contributed by atoms with E-state index in [0.29, 0.717) is 29.3 Å². The molecule has 0 spiro atoms. The van der Waals surface area contributed by atoms with Crippen molar-refractivity contribution >= 4 is 24.6 Å². The summed E-state index contributed by atoms with van der Waals surface area (Å²) in [6.45, 7) is 0. The van der Waals surface area contributed by atoms with Crippen LogP contribution in [0.3, 0.4) is 0 Å². The number of carbonyl (C=O) groups is 3. The molecule has 0 radical (unpaired) electrons. The number of esters is 1. The number of hydrogen-bond donors (Lipinski definition) is 0. The molecule has 1 rings (SSSR count). The molecule has 0 N–H and O–H groups in total. The van der Waals surface area contributed by atoms with Gasteiger partial charge < -0.3 is 4.74 Å². The number of methoxy groups -OCH3 is 1. The lowest BCUT2D eigenvalue weighted by Crippen LogP contribution is -1.96. The number of benzene rings is 1. The van der Waals surface area contributed by atoms with Gasteiger partial charge in [-0.15, -0.1) is 0 Å². The molecule has 0 saturated carbocycles. The number of rotatable bonds is 5. The highest BCUT2D eigenvalue weighted by molar-refractivity contribution is 5.84. The van der Waals surface area contributed by atoms with Crippen LogP contribution in [0.2, 0.25) is 0 Å². The Morgan fingerprint density at radius 3 is 2.12 bits per heavy atom. The summed E-state index contributed by atoms with van der Waals surface area (Å²) in [7, 11) is 1.31. The molecule has 0 aromatic heterocycles. The van der Waals surface area contributed by atoms with E-state index in [1.165, 1.54) is 13.2 Å². The molecule has 0 saturated heterocycles. The largest absolute Gasteiger partial charge is 0.469 e. The van der Waals surface area contributed by atoms with Crippen molar-refractivity contribution in [2.75, 3.05) is 7.11 Å². The van der Waals surface area contributed by atoms with Gasteiger partial charge in [0.15, 0.2) is 0 Å². The Morgan fingerprint density at radius 1 is 1.12 bits per heavy atom. The van der Waals surface area contributed by atoms with E-state index in [0.717, 1.165) is 0 Å². The van der Waals surface area contributed by atoms with Crippen LogP contribution in [0.1, 0.15) is 32.7 Å². The number of hydrogen-bond acceptors (Lipinski definition) is 4. The van der Waals surface area contributed by atoms with Crippen LogP contribution < -0.4 is 0 Å². The van der Waals surface area contributed by atoms with Crippen molar-refractivity contribution < 1.29 is 19.1 Å². The zero-order valence-corrected chi connectivity index (χ0v) is 9.38. The molecular weight excluding hydrogens is 220 g/mol. The molecule has 0 heterocycles. The smallest absolute Gasteiger partial charge is 0.309 e. The Morgan fingerprint density at radius 2 is 1.65 bits per heavy atom. The van der Waals surface area contributed by atoms with Gasteiger partial charge >= 0.3 is 5.97 Å². The highest BCUT2D eigenvalue weighted by atomic mass is 16.5. The van der Waals surface area contributed by atoms with Gasteiger partial charge in [0.05, 0.1) is 13.5 Å². The summed E-state index contributed by atoms with van der Waals surface area (Å²) in [6, 6.07) is 4.76. The molecule has 0 unspecified atom stereocenters. The van der Waals surface area contributed by atoms with Crippen molar-refractivity contribution in [2.24, 2.45) is 0 Å². The summed E-state index contributed by atoms with van der Waals surface area (Å²) in [5.41, 5.74) is 1.54. The third kappa shape index (κ3) is 4.03. The van der Waals surface area contributed by atoms with Crippen LogP contribution in [0.15, 0.2) is 24.3 Å². The van der Waals surface area contributed by atoms with Gasteiger partial charge in [0.2, 0.25) is 0 Å². The Bertz CT molecular complexity index is 434. The maximum atomic E-state index is 10.9. The minimum Gasteiger partial charge on any atom is -0.469 e. The lowest BCUT2D eigenvalue weighted by atomic mass is 10.1. The topological polar surface area (TPSA) is 60.4 Å². The summed E-state index contributed by atoms with van der Waals surface area (Å²) >= 11 is 0. The minimum absolute atomic E-state index is 0.151. The van der Waals surface area contributed by atoms with Crippen LogP contribution in [0, 0.1) is 0 Å². The van der Waals surface area contributed by atoms with Gasteiger partial charge in [-0.25, -0.2) is 0 Å². The van der Waals surface area contributed by atoms with Crippen LogP contribution in [0.4, 0.5) is 0 Å². The predicted octanol–water partition coefficient (Wildman–Crippen LogP) is 1.89. The van der Waals surface area contributed by atoms with Gasteiger partial charge in [0.1, 0.15) is 12.6 Å². The Hall–Kier alpha value is -2.23. The Labute approximate surface area is 98.9 Å². The fraction of sp³-hybridized carbons (Fsp3) is 0.154. The van der Waals surface area contributed by atoms with E-state index in [4.69, 9.17) is 0 Å². The van der Waals surface area contributed by atoms with E-state index < -0.39 is 0 Å². The van der Waals surface area contributed by atoms with Crippen LogP contribution in [0.25, 0.3) is 6.08 Å². The molecule has 1 aromatic rings. The van der Waals surface area contributed by atoms with Gasteiger partial charge in [-0.2, -0.15) is 0 Å². The third-order valence-corrected chi connectivity index (χ3v) is 2.09. The average molecular weight is 232 g/mol. The third-order valence-electron chi connectivity index (χ3n) is 2.09. The summed E-state index contributed by atoms with van der Waals surface area (Å²) in [6.07, 6.45) is 4.77. The highest BCUT2D eigenvalue weighted by Gasteiger charge is 1.98. The summed E-state index contributed by atoms with van der Waals surface area (Å²) in [5.74, 6) is -0.344. The lowest BCUT2D eigenvalue weighted by Gasteiger charge is -1.98. The number of ether oxygens (including phenoxy) is 1. The molecule has 0 fully saturated rings. The van der Waals surface area contributed by atoms with E-state index in [1.54, 1.807) is 24.3 Å². The Kier molecular flexibility index (Phi) is 4.81. The fourth-order valence-electron chi connectivity index (χ4n) is 1.31. The average Bonchev–Trinajstić information content (AvgIpc) is 2.37. The first kappa shape index (κ1) is 12.8. The van der Waals surface area contributed by atoms with Crippen molar-refractivity contribution in [3.8, 4) is 0 Å². The number of aldehydes is 2. The standard InChI is InChI=1S/C13H12O4/c1-17-13(16)4-2-3-10-5-11(8-14)7-12(6-10)9-15/h2-3,5-9H,4H2,1H3. The van der Waals surface area contributed by atoms with Gasteiger partial charge in [-0.05, 0) is 23.8 Å². The maximum absolute atomic E-state index is 10.9. The molecule has 4 nitrogen and oxygen atoms in total. The van der Waals surface area contributed by atoms with Gasteiger partial charge in [0.25, 0.3) is 0 Å². The monoisotopic (exact) mass is 232 g/mol. The fourth-order valence-corrected chi connectivity index (χ4v) is 1.31. The minimum atomic E-state index is -0.344. The SMILES string of the molecule is COC(=O)CC=Cc1cc(C=O)cc(C=O)c1. The molecule has 17 heavy (non-hydrogen) atoms. The first-order valence-electron chi connectivity index (χ1n) is 4.98.